The van der Waals surface area contributed by atoms with Gasteiger partial charge in [-0.3, -0.25) is 0 Å². The standard InChI is InChI=1S/C14H20BrNO2/c1-10(17)11-4-5-13(12(15)8-11)16-7-3-6-14(2,18)9-16/h4-5,8,10,17-18H,3,6-7,9H2,1-2H3/t10-,14?/m1/s1. The third-order valence-electron chi connectivity index (χ3n) is 3.47. The summed E-state index contributed by atoms with van der Waals surface area (Å²) in [6, 6.07) is 5.89. The van der Waals surface area contributed by atoms with E-state index in [-0.39, 0.29) is 0 Å². The molecule has 1 aliphatic rings. The van der Waals surface area contributed by atoms with Crippen LogP contribution in [0.15, 0.2) is 22.7 Å². The summed E-state index contributed by atoms with van der Waals surface area (Å²) in [7, 11) is 0. The molecule has 4 heteroatoms. The Bertz CT molecular complexity index is 432. The number of β-amino-alcohol motifs (C(OH)–C–C–N with tert-alkyl or cyclic N) is 1. The molecule has 0 saturated carbocycles. The van der Waals surface area contributed by atoms with Gasteiger partial charge in [-0.2, -0.15) is 0 Å². The van der Waals surface area contributed by atoms with E-state index >= 15 is 0 Å². The molecule has 1 aromatic rings. The minimum absolute atomic E-state index is 0.459. The van der Waals surface area contributed by atoms with Crippen LogP contribution < -0.4 is 4.90 Å². The molecule has 2 rings (SSSR count). The molecule has 1 fully saturated rings. The van der Waals surface area contributed by atoms with Gasteiger partial charge in [-0.25, -0.2) is 0 Å². The zero-order valence-electron chi connectivity index (χ0n) is 10.9. The second-order valence-electron chi connectivity index (χ2n) is 5.41. The van der Waals surface area contributed by atoms with Crippen LogP contribution in [0.5, 0.6) is 0 Å². The fourth-order valence-corrected chi connectivity index (χ4v) is 3.11. The number of aliphatic hydroxyl groups excluding tert-OH is 1. The van der Waals surface area contributed by atoms with Gasteiger partial charge >= 0.3 is 0 Å². The Labute approximate surface area is 117 Å². The van der Waals surface area contributed by atoms with Crippen molar-refractivity contribution in [3.05, 3.63) is 28.2 Å². The van der Waals surface area contributed by atoms with Gasteiger partial charge in [0.2, 0.25) is 0 Å². The van der Waals surface area contributed by atoms with E-state index in [0.29, 0.717) is 6.54 Å². The maximum atomic E-state index is 10.1. The molecule has 1 heterocycles. The van der Waals surface area contributed by atoms with Crippen LogP contribution in [-0.2, 0) is 0 Å². The second-order valence-corrected chi connectivity index (χ2v) is 6.26. The van der Waals surface area contributed by atoms with Crippen molar-refractivity contribution in [2.24, 2.45) is 0 Å². The zero-order chi connectivity index (χ0) is 13.3. The first-order valence-electron chi connectivity index (χ1n) is 6.34. The van der Waals surface area contributed by atoms with E-state index in [4.69, 9.17) is 0 Å². The summed E-state index contributed by atoms with van der Waals surface area (Å²) in [5.41, 5.74) is 1.37. The summed E-state index contributed by atoms with van der Waals surface area (Å²) in [6.45, 7) is 5.26. The van der Waals surface area contributed by atoms with Crippen molar-refractivity contribution in [1.29, 1.82) is 0 Å². The summed E-state index contributed by atoms with van der Waals surface area (Å²) < 4.78 is 0.971. The number of nitrogens with zero attached hydrogens (tertiary/aromatic N) is 1. The summed E-state index contributed by atoms with van der Waals surface area (Å²) in [6.07, 6.45) is 1.39. The average Bonchev–Trinajstić information content (AvgIpc) is 2.27. The number of aliphatic hydroxyl groups is 2. The molecule has 18 heavy (non-hydrogen) atoms. The fraction of sp³-hybridized carbons (Fsp3) is 0.571. The smallest absolute Gasteiger partial charge is 0.0794 e. The molecule has 2 N–H and O–H groups in total. The van der Waals surface area contributed by atoms with E-state index in [9.17, 15) is 10.2 Å². The molecule has 0 aromatic heterocycles. The van der Waals surface area contributed by atoms with Crippen molar-refractivity contribution < 1.29 is 10.2 Å². The highest BCUT2D eigenvalue weighted by Gasteiger charge is 2.29. The van der Waals surface area contributed by atoms with Crippen LogP contribution in [0.2, 0.25) is 0 Å². The third kappa shape index (κ3) is 3.05. The van der Waals surface area contributed by atoms with Gasteiger partial charge in [-0.15, -0.1) is 0 Å². The quantitative estimate of drug-likeness (QED) is 0.882. The number of benzene rings is 1. The first-order valence-corrected chi connectivity index (χ1v) is 7.13. The molecule has 0 aliphatic carbocycles. The normalized spacial score (nSPS) is 26.2. The molecule has 0 bridgehead atoms. The highest BCUT2D eigenvalue weighted by atomic mass is 79.9. The van der Waals surface area contributed by atoms with E-state index in [1.54, 1.807) is 6.92 Å². The third-order valence-corrected chi connectivity index (χ3v) is 4.10. The molecular weight excluding hydrogens is 294 g/mol. The van der Waals surface area contributed by atoms with E-state index < -0.39 is 11.7 Å². The number of rotatable bonds is 2. The SMILES string of the molecule is C[C@@H](O)c1ccc(N2CCCC(C)(O)C2)c(Br)c1. The minimum Gasteiger partial charge on any atom is -0.389 e. The molecule has 3 nitrogen and oxygen atoms in total. The lowest BCUT2D eigenvalue weighted by Gasteiger charge is -2.38. The van der Waals surface area contributed by atoms with Crippen LogP contribution in [0.25, 0.3) is 0 Å². The van der Waals surface area contributed by atoms with Gasteiger partial charge in [0.15, 0.2) is 0 Å². The lowest BCUT2D eigenvalue weighted by molar-refractivity contribution is 0.0449. The van der Waals surface area contributed by atoms with Gasteiger partial charge in [0.25, 0.3) is 0 Å². The van der Waals surface area contributed by atoms with E-state index in [1.165, 1.54) is 0 Å². The molecular formula is C14H20BrNO2. The van der Waals surface area contributed by atoms with E-state index in [0.717, 1.165) is 35.1 Å². The van der Waals surface area contributed by atoms with Crippen LogP contribution in [0.1, 0.15) is 38.4 Å². The number of halogens is 1. The maximum Gasteiger partial charge on any atom is 0.0794 e. The van der Waals surface area contributed by atoms with Crippen molar-refractivity contribution in [3.8, 4) is 0 Å². The molecule has 1 saturated heterocycles. The Balaban J connectivity index is 2.23. The first-order chi connectivity index (χ1) is 8.39. The highest BCUT2D eigenvalue weighted by molar-refractivity contribution is 9.10. The van der Waals surface area contributed by atoms with Gasteiger partial charge in [-0.1, -0.05) is 6.07 Å². The second kappa shape index (κ2) is 5.19. The summed E-state index contributed by atoms with van der Waals surface area (Å²) >= 11 is 3.55. The summed E-state index contributed by atoms with van der Waals surface area (Å²) in [5.74, 6) is 0. The van der Waals surface area contributed by atoms with Crippen LogP contribution >= 0.6 is 15.9 Å². The number of piperidine rings is 1. The van der Waals surface area contributed by atoms with E-state index in [2.05, 4.69) is 20.8 Å². The number of anilines is 1. The van der Waals surface area contributed by atoms with Crippen LogP contribution in [-0.4, -0.2) is 28.9 Å². The predicted molar refractivity (Wildman–Crippen MR) is 76.8 cm³/mol. The van der Waals surface area contributed by atoms with Crippen LogP contribution in [0, 0.1) is 0 Å². The number of hydrogen-bond donors (Lipinski definition) is 2. The van der Waals surface area contributed by atoms with Gasteiger partial charge in [0.1, 0.15) is 0 Å². The Hall–Kier alpha value is -0.580. The van der Waals surface area contributed by atoms with Crippen molar-refractivity contribution in [2.45, 2.75) is 38.4 Å². The minimum atomic E-state index is -0.610. The zero-order valence-corrected chi connectivity index (χ0v) is 12.4. The van der Waals surface area contributed by atoms with Crippen LogP contribution in [0.3, 0.4) is 0 Å². The maximum absolute atomic E-state index is 10.1. The largest absolute Gasteiger partial charge is 0.389 e. The van der Waals surface area contributed by atoms with Gasteiger partial charge in [0.05, 0.1) is 17.4 Å². The molecule has 100 valence electrons. The molecule has 0 amide bonds. The topological polar surface area (TPSA) is 43.7 Å². The fourth-order valence-electron chi connectivity index (χ4n) is 2.47. The van der Waals surface area contributed by atoms with Gasteiger partial charge < -0.3 is 15.1 Å². The molecule has 1 aliphatic heterocycles. The Morgan fingerprint density at radius 1 is 1.44 bits per heavy atom. The summed E-state index contributed by atoms with van der Waals surface area (Å²) in [4.78, 5) is 2.19. The molecule has 2 atom stereocenters. The van der Waals surface area contributed by atoms with Crippen molar-refractivity contribution in [3.63, 3.8) is 0 Å². The van der Waals surface area contributed by atoms with Crippen molar-refractivity contribution in [2.75, 3.05) is 18.0 Å². The van der Waals surface area contributed by atoms with Crippen LogP contribution in [0.4, 0.5) is 5.69 Å². The van der Waals surface area contributed by atoms with Gasteiger partial charge in [-0.05, 0) is 60.3 Å². The Morgan fingerprint density at radius 3 is 2.72 bits per heavy atom. The predicted octanol–water partition coefficient (Wildman–Crippen LogP) is 2.85. The Morgan fingerprint density at radius 2 is 2.17 bits per heavy atom. The molecule has 1 unspecified atom stereocenters. The first kappa shape index (κ1) is 13.8. The molecule has 0 radical (unpaired) electrons. The average molecular weight is 314 g/mol. The van der Waals surface area contributed by atoms with Gasteiger partial charge in [0, 0.05) is 17.6 Å². The lowest BCUT2D eigenvalue weighted by atomic mass is 9.94. The van der Waals surface area contributed by atoms with Crippen molar-refractivity contribution in [1.82, 2.24) is 0 Å². The van der Waals surface area contributed by atoms with E-state index in [1.807, 2.05) is 25.1 Å². The Kier molecular flexibility index (Phi) is 3.99. The number of hydrogen-bond acceptors (Lipinski definition) is 3. The molecule has 1 aromatic carbocycles. The summed E-state index contributed by atoms with van der Waals surface area (Å²) in [5, 5.41) is 19.7. The monoisotopic (exact) mass is 313 g/mol. The lowest BCUT2D eigenvalue weighted by Crippen LogP contribution is -2.46. The highest BCUT2D eigenvalue weighted by Crippen LogP contribution is 2.33. The molecule has 0 spiro atoms. The van der Waals surface area contributed by atoms with Crippen molar-refractivity contribution >= 4 is 21.6 Å².